The van der Waals surface area contributed by atoms with Gasteiger partial charge in [0.15, 0.2) is 6.29 Å². The number of fused-ring (bicyclic) bond motifs is 5. The van der Waals surface area contributed by atoms with Crippen LogP contribution in [0.25, 0.3) is 0 Å². The normalized spacial score (nSPS) is 52.1. The highest BCUT2D eigenvalue weighted by atomic mass is 16.7. The highest BCUT2D eigenvalue weighted by Crippen LogP contribution is 2.76. The molecule has 8 heteroatoms. The molecule has 0 aromatic carbocycles. The first-order valence-electron chi connectivity index (χ1n) is 17.1. The van der Waals surface area contributed by atoms with Gasteiger partial charge in [0.25, 0.3) is 0 Å². The van der Waals surface area contributed by atoms with Crippen LogP contribution in [0.4, 0.5) is 0 Å². The third kappa shape index (κ3) is 5.18. The molecule has 5 rings (SSSR count). The van der Waals surface area contributed by atoms with Crippen molar-refractivity contribution in [1.82, 2.24) is 0 Å². The number of hydrogen-bond acceptors (Lipinski definition) is 8. The van der Waals surface area contributed by atoms with Crippen LogP contribution in [-0.4, -0.2) is 86.3 Å². The summed E-state index contributed by atoms with van der Waals surface area (Å²) in [4.78, 5) is 0. The second kappa shape index (κ2) is 12.0. The summed E-state index contributed by atoms with van der Waals surface area (Å²) in [5.41, 5.74) is 1.49. The maximum atomic E-state index is 12.0. The maximum absolute atomic E-state index is 12.0. The first-order chi connectivity index (χ1) is 20.4. The van der Waals surface area contributed by atoms with Gasteiger partial charge in [-0.25, -0.2) is 0 Å². The van der Waals surface area contributed by atoms with E-state index in [0.717, 1.165) is 25.7 Å². The lowest BCUT2D eigenvalue weighted by Crippen LogP contribution is -2.70. The monoisotopic (exact) mass is 620 g/mol. The van der Waals surface area contributed by atoms with Crippen molar-refractivity contribution in [3.63, 3.8) is 0 Å². The van der Waals surface area contributed by atoms with Crippen LogP contribution in [0.3, 0.4) is 0 Å². The Morgan fingerprint density at radius 2 is 1.55 bits per heavy atom. The fraction of sp³-hybridized carbons (Fsp3) is 0.889. The van der Waals surface area contributed by atoms with E-state index < -0.39 is 61.0 Å². The molecule has 1 aliphatic heterocycles. The van der Waals surface area contributed by atoms with Crippen LogP contribution in [0, 0.1) is 45.3 Å². The van der Waals surface area contributed by atoms with Crippen LogP contribution in [0.1, 0.15) is 100 Å². The number of allylic oxidation sites excluding steroid dienone is 4. The lowest BCUT2D eigenvalue weighted by molar-refractivity contribution is -0.346. The zero-order valence-electron chi connectivity index (χ0n) is 28.2. The first kappa shape index (κ1) is 34.5. The van der Waals surface area contributed by atoms with Crippen molar-refractivity contribution in [3.05, 3.63) is 23.3 Å². The van der Waals surface area contributed by atoms with Crippen LogP contribution in [0.5, 0.6) is 0 Å². The molecule has 4 saturated carbocycles. The number of rotatable bonds is 6. The van der Waals surface area contributed by atoms with Crippen LogP contribution in [-0.2, 0) is 9.47 Å². The third-order valence-corrected chi connectivity index (χ3v) is 13.9. The Bertz CT molecular complexity index is 1110. The molecule has 15 atom stereocenters. The molecule has 0 aromatic heterocycles. The SMILES string of the molecule is CC(C)=CC/C=C(/C)[C@H]1CC[C@]2(C)[C@@H]1[C@H](O)C[C@@H]1[C@@]3(C)CC[C@H](O)C(C)(C)[C@@H]3[C@@H](OC3OC(CO)C(O)C(O)C3O)C[C@]12C. The summed E-state index contributed by atoms with van der Waals surface area (Å²) >= 11 is 0. The fourth-order valence-corrected chi connectivity index (χ4v) is 11.5. The standard InChI is InChI=1S/C36H60O8/c1-19(2)10-9-11-20(3)21-12-15-35(7)27(21)22(38)16-25-34(6)14-13-26(39)33(4,5)31(34)23(17-36(25,35)8)43-32-30(42)29(41)28(40)24(18-37)44-32/h10-11,21-32,37-42H,9,12-18H2,1-8H3/b20-11-/t21-,22-,23+,24?,25-,26+,27+,28?,29?,30?,31+,32?,34-,35-,36-/m1/s1. The van der Waals surface area contributed by atoms with Crippen molar-refractivity contribution in [3.8, 4) is 0 Å². The Balaban J connectivity index is 1.55. The molecule has 5 fully saturated rings. The van der Waals surface area contributed by atoms with Crippen LogP contribution >= 0.6 is 0 Å². The molecule has 0 amide bonds. The molecule has 0 bridgehead atoms. The van der Waals surface area contributed by atoms with E-state index in [1.807, 2.05) is 0 Å². The molecule has 4 aliphatic carbocycles. The lowest BCUT2D eigenvalue weighted by atomic mass is 9.34. The summed E-state index contributed by atoms with van der Waals surface area (Å²) in [5.74, 6) is 0.506. The van der Waals surface area contributed by atoms with Crippen molar-refractivity contribution in [2.45, 2.75) is 149 Å². The van der Waals surface area contributed by atoms with Gasteiger partial charge in [0, 0.05) is 0 Å². The lowest BCUT2D eigenvalue weighted by Gasteiger charge is -2.72. The topological polar surface area (TPSA) is 140 Å². The van der Waals surface area contributed by atoms with Gasteiger partial charge < -0.3 is 40.1 Å². The van der Waals surface area contributed by atoms with Gasteiger partial charge in [-0.1, -0.05) is 57.9 Å². The summed E-state index contributed by atoms with van der Waals surface area (Å²) in [5, 5.41) is 65.2. The summed E-state index contributed by atoms with van der Waals surface area (Å²) in [6, 6.07) is 0. The van der Waals surface area contributed by atoms with Gasteiger partial charge in [-0.15, -0.1) is 0 Å². The Morgan fingerprint density at radius 1 is 0.864 bits per heavy atom. The van der Waals surface area contributed by atoms with E-state index in [-0.39, 0.29) is 34.0 Å². The smallest absolute Gasteiger partial charge is 0.186 e. The molecule has 0 aromatic rings. The van der Waals surface area contributed by atoms with Gasteiger partial charge in [-0.3, -0.25) is 0 Å². The molecule has 0 radical (unpaired) electrons. The first-order valence-corrected chi connectivity index (χ1v) is 17.1. The number of aliphatic hydroxyl groups excluding tert-OH is 6. The molecule has 252 valence electrons. The van der Waals surface area contributed by atoms with E-state index in [0.29, 0.717) is 25.2 Å². The molecule has 5 aliphatic rings. The minimum absolute atomic E-state index is 0.112. The average Bonchev–Trinajstić information content (AvgIpc) is 3.32. The summed E-state index contributed by atoms with van der Waals surface area (Å²) < 4.78 is 12.6. The maximum Gasteiger partial charge on any atom is 0.186 e. The molecule has 44 heavy (non-hydrogen) atoms. The van der Waals surface area contributed by atoms with Gasteiger partial charge >= 0.3 is 0 Å². The zero-order valence-corrected chi connectivity index (χ0v) is 28.2. The van der Waals surface area contributed by atoms with Crippen LogP contribution in [0.2, 0.25) is 0 Å². The predicted octanol–water partition coefficient (Wildman–Crippen LogP) is 4.10. The summed E-state index contributed by atoms with van der Waals surface area (Å²) in [6.07, 6.45) is 2.23. The Hall–Kier alpha value is -0.840. The molecule has 6 N–H and O–H groups in total. The van der Waals surface area contributed by atoms with Gasteiger partial charge in [0.2, 0.25) is 0 Å². The number of ether oxygens (including phenoxy) is 2. The van der Waals surface area contributed by atoms with Gasteiger partial charge in [0.1, 0.15) is 24.4 Å². The van der Waals surface area contributed by atoms with Gasteiger partial charge in [-0.2, -0.15) is 0 Å². The highest BCUT2D eigenvalue weighted by Gasteiger charge is 2.72. The summed E-state index contributed by atoms with van der Waals surface area (Å²) in [7, 11) is 0. The van der Waals surface area contributed by atoms with Gasteiger partial charge in [-0.05, 0) is 111 Å². The molecule has 8 nitrogen and oxygen atoms in total. The molecule has 5 unspecified atom stereocenters. The van der Waals surface area contributed by atoms with Crippen LogP contribution in [0.15, 0.2) is 23.3 Å². The quantitative estimate of drug-likeness (QED) is 0.193. The number of hydrogen-bond donors (Lipinski definition) is 6. The molecule has 1 saturated heterocycles. The Morgan fingerprint density at radius 3 is 2.18 bits per heavy atom. The molecule has 0 spiro atoms. The van der Waals surface area contributed by atoms with E-state index in [9.17, 15) is 30.6 Å². The Kier molecular flexibility index (Phi) is 9.40. The van der Waals surface area contributed by atoms with E-state index in [1.54, 1.807) is 0 Å². The number of aliphatic hydroxyl groups is 6. The highest BCUT2D eigenvalue weighted by molar-refractivity contribution is 5.24. The zero-order chi connectivity index (χ0) is 32.6. The second-order valence-corrected chi connectivity index (χ2v) is 16.8. The largest absolute Gasteiger partial charge is 0.394 e. The fourth-order valence-electron chi connectivity index (χ4n) is 11.5. The minimum Gasteiger partial charge on any atom is -0.394 e. The van der Waals surface area contributed by atoms with Crippen molar-refractivity contribution in [2.75, 3.05) is 6.61 Å². The van der Waals surface area contributed by atoms with E-state index in [4.69, 9.17) is 9.47 Å². The molecular formula is C36H60O8. The predicted molar refractivity (Wildman–Crippen MR) is 168 cm³/mol. The third-order valence-electron chi connectivity index (χ3n) is 13.9. The minimum atomic E-state index is -1.52. The van der Waals surface area contributed by atoms with E-state index in [2.05, 4.69) is 67.5 Å². The van der Waals surface area contributed by atoms with Crippen molar-refractivity contribution < 1.29 is 40.1 Å². The van der Waals surface area contributed by atoms with Crippen molar-refractivity contribution in [2.24, 2.45) is 45.3 Å². The average molecular weight is 621 g/mol. The Labute approximate surface area is 264 Å². The van der Waals surface area contributed by atoms with Crippen molar-refractivity contribution >= 4 is 0 Å². The van der Waals surface area contributed by atoms with Gasteiger partial charge in [0.05, 0.1) is 24.9 Å². The summed E-state index contributed by atoms with van der Waals surface area (Å²) in [6.45, 7) is 17.2. The van der Waals surface area contributed by atoms with Crippen LogP contribution < -0.4 is 0 Å². The second-order valence-electron chi connectivity index (χ2n) is 16.8. The van der Waals surface area contributed by atoms with Crippen molar-refractivity contribution in [1.29, 1.82) is 0 Å². The van der Waals surface area contributed by atoms with E-state index in [1.165, 1.54) is 11.1 Å². The van der Waals surface area contributed by atoms with E-state index >= 15 is 0 Å². The molecular weight excluding hydrogens is 560 g/mol. The molecule has 1 heterocycles.